The van der Waals surface area contributed by atoms with Gasteiger partial charge in [-0.2, -0.15) is 17.5 Å². The lowest BCUT2D eigenvalue weighted by molar-refractivity contribution is -0.0494. The van der Waals surface area contributed by atoms with Gasteiger partial charge >= 0.3 is 15.5 Å². The van der Waals surface area contributed by atoms with Crippen LogP contribution < -0.4 is 10.6 Å². The van der Waals surface area contributed by atoms with Crippen LogP contribution in [-0.4, -0.2) is 61.9 Å². The van der Waals surface area contributed by atoms with Gasteiger partial charge in [-0.1, -0.05) is 18.2 Å². The fraction of sp³-hybridized carbons (Fsp3) is 0.526. The van der Waals surface area contributed by atoms with Crippen molar-refractivity contribution in [1.29, 1.82) is 0 Å². The summed E-state index contributed by atoms with van der Waals surface area (Å²) in [6.07, 6.45) is 3.31. The molecule has 3 rings (SSSR count). The van der Waals surface area contributed by atoms with Crippen molar-refractivity contribution in [1.82, 2.24) is 19.9 Å². The minimum absolute atomic E-state index is 0. The largest absolute Gasteiger partial charge is 0.511 e. The highest BCUT2D eigenvalue weighted by Crippen LogP contribution is 2.29. The van der Waals surface area contributed by atoms with E-state index in [1.807, 2.05) is 12.3 Å². The molecule has 12 heteroatoms. The van der Waals surface area contributed by atoms with Gasteiger partial charge in [-0.25, -0.2) is 8.42 Å². The van der Waals surface area contributed by atoms with Crippen LogP contribution in [0.4, 0.5) is 13.2 Å². The molecule has 31 heavy (non-hydrogen) atoms. The lowest BCUT2D eigenvalue weighted by Crippen LogP contribution is -2.51. The van der Waals surface area contributed by atoms with Gasteiger partial charge in [0.25, 0.3) is 0 Å². The number of hydrogen-bond acceptors (Lipinski definition) is 3. The molecule has 1 aromatic carbocycles. The molecule has 0 bridgehead atoms. The zero-order chi connectivity index (χ0) is 21.9. The first-order valence-electron chi connectivity index (χ1n) is 9.72. The molecule has 0 atom stereocenters. The van der Waals surface area contributed by atoms with Gasteiger partial charge in [-0.3, -0.25) is 4.99 Å². The third kappa shape index (κ3) is 5.83. The first-order valence-corrected chi connectivity index (χ1v) is 11.2. The van der Waals surface area contributed by atoms with Crippen molar-refractivity contribution in [3.8, 4) is 0 Å². The molecule has 7 nitrogen and oxygen atoms in total. The van der Waals surface area contributed by atoms with E-state index in [1.54, 1.807) is 7.05 Å². The third-order valence-electron chi connectivity index (χ3n) is 5.35. The van der Waals surface area contributed by atoms with Gasteiger partial charge in [0.15, 0.2) is 5.96 Å². The Labute approximate surface area is 196 Å². The summed E-state index contributed by atoms with van der Waals surface area (Å²) in [5.41, 5.74) is -1.77. The molecule has 2 aromatic rings. The number of aromatic amines is 1. The first-order chi connectivity index (χ1) is 14.1. The minimum Gasteiger partial charge on any atom is -0.361 e. The SMILES string of the molecule is CN=C(NCCc1c[nH]c2c(C)cccc12)NC1CCN(S(=O)(=O)C(F)(F)F)CC1.I. The van der Waals surface area contributed by atoms with E-state index in [-0.39, 0.29) is 55.9 Å². The molecule has 0 radical (unpaired) electrons. The van der Waals surface area contributed by atoms with Crippen LogP contribution in [0.25, 0.3) is 10.9 Å². The molecule has 174 valence electrons. The van der Waals surface area contributed by atoms with Gasteiger partial charge in [0.2, 0.25) is 0 Å². The van der Waals surface area contributed by atoms with Crippen LogP contribution in [0.3, 0.4) is 0 Å². The number of para-hydroxylation sites is 1. The number of hydrogen-bond donors (Lipinski definition) is 3. The fourth-order valence-corrected chi connectivity index (χ4v) is 4.65. The van der Waals surface area contributed by atoms with Gasteiger partial charge in [-0.15, -0.1) is 24.0 Å². The molecule has 0 spiro atoms. The van der Waals surface area contributed by atoms with Gasteiger partial charge in [-0.05, 0) is 37.3 Å². The smallest absolute Gasteiger partial charge is 0.361 e. The molecular weight excluding hydrogens is 546 g/mol. The molecule has 3 N–H and O–H groups in total. The van der Waals surface area contributed by atoms with E-state index in [9.17, 15) is 21.6 Å². The van der Waals surface area contributed by atoms with Gasteiger partial charge in [0.1, 0.15) is 0 Å². The number of nitrogens with one attached hydrogen (secondary N) is 3. The second-order valence-corrected chi connectivity index (χ2v) is 9.26. The maximum atomic E-state index is 12.7. The maximum Gasteiger partial charge on any atom is 0.511 e. The van der Waals surface area contributed by atoms with Crippen molar-refractivity contribution >= 4 is 50.9 Å². The Kier molecular flexibility index (Phi) is 8.62. The summed E-state index contributed by atoms with van der Waals surface area (Å²) in [7, 11) is -3.64. The highest BCUT2D eigenvalue weighted by Gasteiger charge is 2.50. The summed E-state index contributed by atoms with van der Waals surface area (Å²) < 4.78 is 61.5. The van der Waals surface area contributed by atoms with Crippen LogP contribution in [-0.2, 0) is 16.4 Å². The Balaban J connectivity index is 0.00000341. The molecule has 1 aliphatic rings. The second kappa shape index (κ2) is 10.4. The zero-order valence-corrected chi connectivity index (χ0v) is 20.4. The van der Waals surface area contributed by atoms with Crippen LogP contribution in [0.1, 0.15) is 24.0 Å². The number of fused-ring (bicyclic) bond motifs is 1. The van der Waals surface area contributed by atoms with Crippen molar-refractivity contribution < 1.29 is 21.6 Å². The van der Waals surface area contributed by atoms with Crippen molar-refractivity contribution in [3.05, 3.63) is 35.5 Å². The number of guanidine groups is 1. The van der Waals surface area contributed by atoms with Crippen molar-refractivity contribution in [2.45, 2.75) is 37.7 Å². The van der Waals surface area contributed by atoms with Crippen LogP contribution in [0.2, 0.25) is 0 Å². The summed E-state index contributed by atoms with van der Waals surface area (Å²) in [6, 6.07) is 6.00. The molecule has 0 saturated carbocycles. The Morgan fingerprint density at radius 3 is 2.58 bits per heavy atom. The van der Waals surface area contributed by atoms with Crippen LogP contribution in [0, 0.1) is 6.92 Å². The van der Waals surface area contributed by atoms with Gasteiger partial charge in [0.05, 0.1) is 0 Å². The predicted octanol–water partition coefficient (Wildman–Crippen LogP) is 3.12. The molecule has 1 aliphatic heterocycles. The number of halogens is 4. The summed E-state index contributed by atoms with van der Waals surface area (Å²) in [5, 5.41) is 7.56. The number of H-pyrrole nitrogens is 1. The lowest BCUT2D eigenvalue weighted by atomic mass is 10.1. The molecule has 1 fully saturated rings. The highest BCUT2D eigenvalue weighted by atomic mass is 127. The molecular formula is C19H27F3IN5O2S. The molecule has 2 heterocycles. The van der Waals surface area contributed by atoms with E-state index in [2.05, 4.69) is 39.7 Å². The molecule has 1 aromatic heterocycles. The Hall–Kier alpha value is -1.54. The monoisotopic (exact) mass is 573 g/mol. The number of aryl methyl sites for hydroxylation is 1. The van der Waals surface area contributed by atoms with Crippen molar-refractivity contribution in [2.75, 3.05) is 26.7 Å². The molecule has 1 saturated heterocycles. The second-order valence-electron chi connectivity index (χ2n) is 7.33. The van der Waals surface area contributed by atoms with Gasteiger partial charge < -0.3 is 15.6 Å². The quantitative estimate of drug-likeness (QED) is 0.292. The topological polar surface area (TPSA) is 89.6 Å². The van der Waals surface area contributed by atoms with Crippen molar-refractivity contribution in [2.24, 2.45) is 4.99 Å². The van der Waals surface area contributed by atoms with Crippen LogP contribution >= 0.6 is 24.0 Å². The molecule has 0 amide bonds. The Bertz CT molecular complexity index is 1020. The highest BCUT2D eigenvalue weighted by molar-refractivity contribution is 14.0. The average Bonchev–Trinajstić information content (AvgIpc) is 3.11. The van der Waals surface area contributed by atoms with Crippen molar-refractivity contribution in [3.63, 3.8) is 0 Å². The minimum atomic E-state index is -5.26. The number of alkyl halides is 3. The number of rotatable bonds is 5. The maximum absolute atomic E-state index is 12.7. The van der Waals surface area contributed by atoms with E-state index >= 15 is 0 Å². The normalized spacial score (nSPS) is 16.9. The van der Waals surface area contributed by atoms with E-state index in [1.165, 1.54) is 16.5 Å². The lowest BCUT2D eigenvalue weighted by Gasteiger charge is -2.32. The number of benzene rings is 1. The fourth-order valence-electron chi connectivity index (χ4n) is 3.66. The Morgan fingerprint density at radius 2 is 1.97 bits per heavy atom. The molecule has 0 aliphatic carbocycles. The number of nitrogens with zero attached hydrogens (tertiary/aromatic N) is 2. The van der Waals surface area contributed by atoms with E-state index < -0.39 is 15.5 Å². The average molecular weight is 573 g/mol. The molecule has 0 unspecified atom stereocenters. The number of piperidine rings is 1. The Morgan fingerprint density at radius 1 is 1.29 bits per heavy atom. The predicted molar refractivity (Wildman–Crippen MR) is 126 cm³/mol. The first kappa shape index (κ1) is 25.7. The number of aliphatic imine (C=N–C) groups is 1. The number of sulfonamides is 1. The van der Waals surface area contributed by atoms with E-state index in [0.717, 1.165) is 11.9 Å². The van der Waals surface area contributed by atoms with Crippen LogP contribution in [0.5, 0.6) is 0 Å². The van der Waals surface area contributed by atoms with E-state index in [4.69, 9.17) is 0 Å². The summed E-state index contributed by atoms with van der Waals surface area (Å²) >= 11 is 0. The summed E-state index contributed by atoms with van der Waals surface area (Å²) in [6.45, 7) is 2.33. The summed E-state index contributed by atoms with van der Waals surface area (Å²) in [4.78, 5) is 7.45. The summed E-state index contributed by atoms with van der Waals surface area (Å²) in [5.74, 6) is 0.545. The standard InChI is InChI=1S/C19H26F3N5O2S.HI/c1-13-4-3-5-16-14(12-25-17(13)16)6-9-24-18(23-2)26-15-7-10-27(11-8-15)30(28,29)19(20,21)22;/h3-5,12,15,25H,6-11H2,1-2H3,(H2,23,24,26);1H. The zero-order valence-electron chi connectivity index (χ0n) is 17.3. The third-order valence-corrected chi connectivity index (χ3v) is 6.98. The number of aromatic nitrogens is 1. The van der Waals surface area contributed by atoms with E-state index in [0.29, 0.717) is 16.8 Å². The van der Waals surface area contributed by atoms with Crippen LogP contribution in [0.15, 0.2) is 29.4 Å². The van der Waals surface area contributed by atoms with Gasteiger partial charge in [0, 0.05) is 49.8 Å².